The van der Waals surface area contributed by atoms with Crippen molar-refractivity contribution in [2.45, 2.75) is 8.58 Å². The van der Waals surface area contributed by atoms with Crippen LogP contribution >= 0.6 is 55.1 Å². The van der Waals surface area contributed by atoms with Crippen molar-refractivity contribution < 1.29 is 13.2 Å². The normalized spacial score (nSPS) is 10.8. The van der Waals surface area contributed by atoms with Gasteiger partial charge in [0.1, 0.15) is 11.5 Å². The molecule has 64 valence electrons. The van der Waals surface area contributed by atoms with E-state index < -0.39 is 15.3 Å². The first-order valence-electron chi connectivity index (χ1n) is 1.87. The molecule has 0 nitrogen and oxygen atoms in total. The Balaban J connectivity index is 0. The quantitative estimate of drug-likeness (QED) is 0.637. The Morgan fingerprint density at radius 3 is 1.40 bits per heavy atom. The number of rotatable bonds is 1. The second-order valence-electron chi connectivity index (χ2n) is 0.974. The Bertz CT molecular complexity index is 68.6. The summed E-state index contributed by atoms with van der Waals surface area (Å²) in [4.78, 5) is -0.838. The van der Waals surface area contributed by atoms with E-state index in [0.29, 0.717) is 0 Å². The Morgan fingerprint density at radius 2 is 1.40 bits per heavy atom. The third-order valence-corrected chi connectivity index (χ3v) is 0.350. The minimum atomic E-state index is -2.88. The summed E-state index contributed by atoms with van der Waals surface area (Å²) in [6.07, 6.45) is 0. The molecular formula is C3H3Br2Cl2F3. The van der Waals surface area contributed by atoms with Crippen LogP contribution < -0.4 is 0 Å². The summed E-state index contributed by atoms with van der Waals surface area (Å²) in [5, 5.41) is 0. The highest BCUT2D eigenvalue weighted by Gasteiger charge is 2.15. The third kappa shape index (κ3) is 58.4. The average molecular weight is 327 g/mol. The van der Waals surface area contributed by atoms with Gasteiger partial charge in [0.2, 0.25) is 0 Å². The number of hydrogen-bond donors (Lipinski definition) is 0. The standard InChI is InChI=1S/C2H3Cl2F.CBr2F2/c3-2(4)1-5;2-1(3,4)5/h2H,1H2;. The van der Waals surface area contributed by atoms with Crippen LogP contribution in [0.3, 0.4) is 0 Å². The fourth-order valence-electron chi connectivity index (χ4n) is 0. The molecule has 0 N–H and O–H groups in total. The maximum atomic E-state index is 10.9. The van der Waals surface area contributed by atoms with Crippen molar-refractivity contribution in [1.29, 1.82) is 0 Å². The third-order valence-electron chi connectivity index (χ3n) is 0.117. The first-order valence-corrected chi connectivity index (χ1v) is 4.33. The molecule has 0 bridgehead atoms. The van der Waals surface area contributed by atoms with Gasteiger partial charge in [0.25, 0.3) is 0 Å². The molecular weight excluding hydrogens is 324 g/mol. The smallest absolute Gasteiger partial charge is 0.248 e. The summed E-state index contributed by atoms with van der Waals surface area (Å²) in [6.45, 7) is -0.664. The minimum Gasteiger partial charge on any atom is -0.248 e. The molecule has 7 heteroatoms. The molecule has 0 atom stereocenters. The predicted molar refractivity (Wildman–Crippen MR) is 44.3 cm³/mol. The lowest BCUT2D eigenvalue weighted by molar-refractivity contribution is 0.229. The lowest BCUT2D eigenvalue weighted by Crippen LogP contribution is -1.84. The van der Waals surface area contributed by atoms with Crippen LogP contribution in [0, 0.1) is 0 Å². The Kier molecular flexibility index (Phi) is 9.73. The van der Waals surface area contributed by atoms with Crippen LogP contribution in [0.4, 0.5) is 13.2 Å². The fourth-order valence-corrected chi connectivity index (χ4v) is 0. The van der Waals surface area contributed by atoms with E-state index in [-0.39, 0.29) is 0 Å². The Labute approximate surface area is 83.3 Å². The Morgan fingerprint density at radius 1 is 1.30 bits per heavy atom. The van der Waals surface area contributed by atoms with Gasteiger partial charge < -0.3 is 0 Å². The van der Waals surface area contributed by atoms with Crippen molar-refractivity contribution in [3.05, 3.63) is 0 Å². The summed E-state index contributed by atoms with van der Waals surface area (Å²) in [5.41, 5.74) is 0. The van der Waals surface area contributed by atoms with Crippen LogP contribution in [0.2, 0.25) is 0 Å². The number of hydrogen-bond acceptors (Lipinski definition) is 0. The second-order valence-corrected chi connectivity index (χ2v) is 5.31. The van der Waals surface area contributed by atoms with E-state index in [2.05, 4.69) is 0 Å². The molecule has 0 aliphatic rings. The molecule has 0 spiro atoms. The predicted octanol–water partition coefficient (Wildman–Crippen LogP) is 4.09. The molecule has 0 unspecified atom stereocenters. The van der Waals surface area contributed by atoms with E-state index in [1.807, 2.05) is 31.9 Å². The van der Waals surface area contributed by atoms with Crippen LogP contribution in [0.5, 0.6) is 0 Å². The van der Waals surface area contributed by atoms with Crippen molar-refractivity contribution in [3.63, 3.8) is 0 Å². The number of alkyl halides is 7. The van der Waals surface area contributed by atoms with E-state index in [1.165, 1.54) is 0 Å². The molecule has 0 saturated heterocycles. The molecule has 0 fully saturated rings. The van der Waals surface area contributed by atoms with E-state index in [9.17, 15) is 13.2 Å². The van der Waals surface area contributed by atoms with Crippen molar-refractivity contribution >= 4 is 55.1 Å². The van der Waals surface area contributed by atoms with Gasteiger partial charge in [-0.2, -0.15) is 8.78 Å². The zero-order valence-electron chi connectivity index (χ0n) is 4.43. The topological polar surface area (TPSA) is 0 Å². The molecule has 0 aliphatic heterocycles. The van der Waals surface area contributed by atoms with Crippen molar-refractivity contribution in [1.82, 2.24) is 0 Å². The molecule has 0 aromatic heterocycles. The van der Waals surface area contributed by atoms with E-state index in [1.54, 1.807) is 0 Å². The zero-order valence-corrected chi connectivity index (χ0v) is 9.11. The van der Waals surface area contributed by atoms with Crippen LogP contribution in [-0.4, -0.2) is 15.3 Å². The van der Waals surface area contributed by atoms with Crippen molar-refractivity contribution in [3.8, 4) is 0 Å². The van der Waals surface area contributed by atoms with Crippen molar-refractivity contribution in [2.24, 2.45) is 0 Å². The van der Waals surface area contributed by atoms with E-state index in [0.717, 1.165) is 0 Å². The lowest BCUT2D eigenvalue weighted by Gasteiger charge is -1.88. The molecule has 0 radical (unpaired) electrons. The van der Waals surface area contributed by atoms with Crippen LogP contribution in [0.15, 0.2) is 0 Å². The highest BCUT2D eigenvalue weighted by molar-refractivity contribution is 9.25. The Hall–Kier alpha value is 1.33. The van der Waals surface area contributed by atoms with Gasteiger partial charge >= 0.3 is 3.74 Å². The van der Waals surface area contributed by atoms with E-state index in [4.69, 9.17) is 23.2 Å². The number of halogens is 7. The van der Waals surface area contributed by atoms with Crippen LogP contribution in [-0.2, 0) is 0 Å². The van der Waals surface area contributed by atoms with Gasteiger partial charge in [-0.05, 0) is 0 Å². The van der Waals surface area contributed by atoms with E-state index >= 15 is 0 Å². The molecule has 0 amide bonds. The molecule has 0 rings (SSSR count). The largest absolute Gasteiger partial charge is 0.356 e. The maximum Gasteiger partial charge on any atom is 0.356 e. The molecule has 10 heavy (non-hydrogen) atoms. The zero-order chi connectivity index (χ0) is 8.78. The van der Waals surface area contributed by atoms with Gasteiger partial charge in [-0.1, -0.05) is 0 Å². The molecule has 0 aromatic rings. The fraction of sp³-hybridized carbons (Fsp3) is 1.00. The first-order chi connectivity index (χ1) is 4.27. The maximum absolute atomic E-state index is 10.9. The van der Waals surface area contributed by atoms with Crippen LogP contribution in [0.25, 0.3) is 0 Å². The summed E-state index contributed by atoms with van der Waals surface area (Å²) < 4.78 is 29.7. The monoisotopic (exact) mass is 324 g/mol. The van der Waals surface area contributed by atoms with Gasteiger partial charge in [0.15, 0.2) is 0 Å². The summed E-state index contributed by atoms with van der Waals surface area (Å²) >= 11 is 13.6. The summed E-state index contributed by atoms with van der Waals surface area (Å²) in [5.74, 6) is 0. The van der Waals surface area contributed by atoms with Crippen molar-refractivity contribution in [2.75, 3.05) is 6.67 Å². The van der Waals surface area contributed by atoms with Gasteiger partial charge in [0.05, 0.1) is 0 Å². The minimum absolute atomic E-state index is 0.664. The van der Waals surface area contributed by atoms with Gasteiger partial charge in [-0.25, -0.2) is 4.39 Å². The lowest BCUT2D eigenvalue weighted by atomic mass is 10.9. The highest BCUT2D eigenvalue weighted by Crippen LogP contribution is 2.28. The second kappa shape index (κ2) is 7.00. The average Bonchev–Trinajstić information content (AvgIpc) is 1.61. The van der Waals surface area contributed by atoms with Gasteiger partial charge in [-0.3, -0.25) is 0 Å². The molecule has 0 saturated carbocycles. The SMILES string of the molecule is FC(F)(Br)Br.FCC(Cl)Cl. The molecule has 0 heterocycles. The summed E-state index contributed by atoms with van der Waals surface area (Å²) in [7, 11) is 0. The van der Waals surface area contributed by atoms with Gasteiger partial charge in [0, 0.05) is 31.9 Å². The molecule has 0 aliphatic carbocycles. The molecule has 0 aromatic carbocycles. The highest BCUT2D eigenvalue weighted by atomic mass is 79.9. The summed E-state index contributed by atoms with van der Waals surface area (Å²) in [6, 6.07) is 0. The first kappa shape index (κ1) is 13.9. The van der Waals surface area contributed by atoms with Crippen LogP contribution in [0.1, 0.15) is 0 Å². The van der Waals surface area contributed by atoms with Gasteiger partial charge in [-0.15, -0.1) is 23.2 Å².